The Labute approximate surface area is 119 Å². The van der Waals surface area contributed by atoms with Crippen LogP contribution in [0.4, 0.5) is 23.3 Å². The Balaban J connectivity index is 1.87. The average Bonchev–Trinajstić information content (AvgIpc) is 3.02. The van der Waals surface area contributed by atoms with Gasteiger partial charge >= 0.3 is 0 Å². The third kappa shape index (κ3) is 2.23. The molecule has 1 fully saturated rings. The fourth-order valence-corrected chi connectivity index (χ4v) is 2.60. The van der Waals surface area contributed by atoms with Gasteiger partial charge in [-0.05, 0) is 5.53 Å². The van der Waals surface area contributed by atoms with E-state index in [1.165, 1.54) is 0 Å². The lowest BCUT2D eigenvalue weighted by Crippen LogP contribution is -2.36. The molecule has 11 nitrogen and oxygen atoms in total. The van der Waals surface area contributed by atoms with Gasteiger partial charge in [0.1, 0.15) is 11.9 Å². The second kappa shape index (κ2) is 5.13. The third-order valence-corrected chi connectivity index (χ3v) is 3.57. The molecule has 0 saturated carbocycles. The molecule has 0 amide bonds. The molecule has 2 aliphatic heterocycles. The Morgan fingerprint density at radius 1 is 1.52 bits per heavy atom. The zero-order chi connectivity index (χ0) is 15.0. The summed E-state index contributed by atoms with van der Waals surface area (Å²) in [6.45, 7) is 0.200. The van der Waals surface area contributed by atoms with E-state index in [9.17, 15) is 5.11 Å². The van der Waals surface area contributed by atoms with Crippen molar-refractivity contribution in [3.8, 4) is 0 Å². The number of hydrogen-bond donors (Lipinski definition) is 4. The summed E-state index contributed by atoms with van der Waals surface area (Å²) in [7, 11) is 0. The van der Waals surface area contributed by atoms with E-state index < -0.39 is 12.1 Å². The maximum Gasteiger partial charge on any atom is 0.224 e. The van der Waals surface area contributed by atoms with E-state index in [1.807, 2.05) is 4.90 Å². The molecule has 0 spiro atoms. The van der Waals surface area contributed by atoms with Crippen molar-refractivity contribution in [3.05, 3.63) is 10.4 Å². The molecule has 3 rings (SSSR count). The number of nitrogen functional groups attached to an aromatic ring is 2. The first-order valence-electron chi connectivity index (χ1n) is 6.38. The van der Waals surface area contributed by atoms with E-state index in [0.29, 0.717) is 24.6 Å². The van der Waals surface area contributed by atoms with Crippen molar-refractivity contribution in [2.24, 2.45) is 5.11 Å². The molecular weight excluding hydrogens is 278 g/mol. The molecule has 1 saturated heterocycles. The molecule has 1 aromatic rings. The lowest BCUT2D eigenvalue weighted by Gasteiger charge is -2.24. The lowest BCUT2D eigenvalue weighted by molar-refractivity contribution is 0.00773. The van der Waals surface area contributed by atoms with Crippen LogP contribution in [-0.2, 0) is 4.74 Å². The number of azide groups is 1. The van der Waals surface area contributed by atoms with Crippen LogP contribution in [0.2, 0.25) is 0 Å². The Morgan fingerprint density at radius 2 is 2.33 bits per heavy atom. The van der Waals surface area contributed by atoms with Gasteiger partial charge in [-0.3, -0.25) is 0 Å². The Kier molecular flexibility index (Phi) is 3.29. The fraction of sp³-hybridized carbons (Fsp3) is 0.600. The molecular formula is C10H15N9O2. The molecule has 2 aliphatic rings. The first-order chi connectivity index (χ1) is 10.1. The summed E-state index contributed by atoms with van der Waals surface area (Å²) in [4.78, 5) is 12.7. The van der Waals surface area contributed by atoms with Gasteiger partial charge in [0.05, 0.1) is 25.4 Å². The second-order valence-corrected chi connectivity index (χ2v) is 4.79. The minimum atomic E-state index is -0.536. The number of rotatable bonds is 3. The number of fused-ring (bicyclic) bond motifs is 1. The summed E-state index contributed by atoms with van der Waals surface area (Å²) in [5.41, 5.74) is 20.6. The molecule has 21 heavy (non-hydrogen) atoms. The van der Waals surface area contributed by atoms with Crippen molar-refractivity contribution >= 4 is 23.3 Å². The minimum absolute atomic E-state index is 0.0725. The number of anilines is 4. The van der Waals surface area contributed by atoms with E-state index in [-0.39, 0.29) is 24.6 Å². The normalized spacial score (nSPS) is 27.1. The quantitative estimate of drug-likeness (QED) is 0.331. The van der Waals surface area contributed by atoms with Crippen molar-refractivity contribution in [2.45, 2.75) is 24.8 Å². The zero-order valence-corrected chi connectivity index (χ0v) is 11.0. The maximum atomic E-state index is 9.30. The van der Waals surface area contributed by atoms with Crippen LogP contribution in [0.3, 0.4) is 0 Å². The Bertz CT molecular complexity index is 602. The van der Waals surface area contributed by atoms with Crippen molar-refractivity contribution in [1.29, 1.82) is 0 Å². The van der Waals surface area contributed by atoms with Crippen molar-refractivity contribution in [2.75, 3.05) is 35.0 Å². The van der Waals surface area contributed by atoms with E-state index >= 15 is 0 Å². The standard InChI is InChI=1S/C10H15N9O2/c11-8-7-9(16-10(12)15-8)19(3-14-7)6-1-4(17-18-13)5(2-20)21-6/h4-6,14,20H,1-3H2,(H4,11,12,15,16). The molecule has 0 radical (unpaired) electrons. The van der Waals surface area contributed by atoms with E-state index in [0.717, 1.165) is 0 Å². The predicted octanol–water partition coefficient (Wildman–Crippen LogP) is -0.383. The number of nitrogens with one attached hydrogen (secondary N) is 1. The Morgan fingerprint density at radius 3 is 3.05 bits per heavy atom. The van der Waals surface area contributed by atoms with Crippen LogP contribution < -0.4 is 21.7 Å². The largest absolute Gasteiger partial charge is 0.394 e. The summed E-state index contributed by atoms with van der Waals surface area (Å²) >= 11 is 0. The monoisotopic (exact) mass is 293 g/mol. The van der Waals surface area contributed by atoms with Gasteiger partial charge in [-0.2, -0.15) is 9.97 Å². The highest BCUT2D eigenvalue weighted by Gasteiger charge is 2.40. The molecule has 0 aromatic carbocycles. The van der Waals surface area contributed by atoms with Crippen LogP contribution in [0.5, 0.6) is 0 Å². The second-order valence-electron chi connectivity index (χ2n) is 4.79. The average molecular weight is 293 g/mol. The van der Waals surface area contributed by atoms with Gasteiger partial charge in [0.25, 0.3) is 0 Å². The number of aromatic nitrogens is 2. The first-order valence-corrected chi connectivity index (χ1v) is 6.38. The minimum Gasteiger partial charge on any atom is -0.394 e. The first kappa shape index (κ1) is 13.5. The van der Waals surface area contributed by atoms with Crippen LogP contribution in [0.1, 0.15) is 6.42 Å². The van der Waals surface area contributed by atoms with E-state index in [4.69, 9.17) is 21.7 Å². The molecule has 3 heterocycles. The van der Waals surface area contributed by atoms with Gasteiger partial charge in [-0.1, -0.05) is 5.11 Å². The lowest BCUT2D eigenvalue weighted by atomic mass is 10.1. The smallest absolute Gasteiger partial charge is 0.224 e. The third-order valence-electron chi connectivity index (χ3n) is 3.57. The SMILES string of the molecule is [N-]=[N+]=NC1CC(N2CNc3c(N)nc(N)nc32)OC1CO. The molecule has 6 N–H and O–H groups in total. The Hall–Kier alpha value is -2.49. The molecule has 0 bridgehead atoms. The molecule has 0 aliphatic carbocycles. The number of nitrogens with two attached hydrogens (primary N) is 2. The van der Waals surface area contributed by atoms with Gasteiger partial charge in [0.15, 0.2) is 11.6 Å². The molecule has 3 unspecified atom stereocenters. The highest BCUT2D eigenvalue weighted by Crippen LogP contribution is 2.38. The maximum absolute atomic E-state index is 9.30. The highest BCUT2D eigenvalue weighted by atomic mass is 16.5. The summed E-state index contributed by atoms with van der Waals surface area (Å²) in [5.74, 6) is 0.884. The highest BCUT2D eigenvalue weighted by molar-refractivity contribution is 5.81. The number of nitrogens with zero attached hydrogens (tertiary/aromatic N) is 6. The molecule has 11 heteroatoms. The predicted molar refractivity (Wildman–Crippen MR) is 75.1 cm³/mol. The van der Waals surface area contributed by atoms with Gasteiger partial charge in [0.2, 0.25) is 5.95 Å². The number of ether oxygens (including phenoxy) is 1. The molecule has 1 aromatic heterocycles. The van der Waals surface area contributed by atoms with Crippen LogP contribution in [0.15, 0.2) is 5.11 Å². The van der Waals surface area contributed by atoms with E-state index in [1.54, 1.807) is 0 Å². The van der Waals surface area contributed by atoms with Crippen LogP contribution in [0.25, 0.3) is 10.4 Å². The topological polar surface area (TPSA) is 171 Å². The fourth-order valence-electron chi connectivity index (χ4n) is 2.60. The van der Waals surface area contributed by atoms with Gasteiger partial charge in [-0.15, -0.1) is 0 Å². The zero-order valence-electron chi connectivity index (χ0n) is 11.0. The van der Waals surface area contributed by atoms with Gasteiger partial charge < -0.3 is 31.5 Å². The summed E-state index contributed by atoms with van der Waals surface area (Å²) < 4.78 is 5.73. The number of aliphatic hydroxyl groups excluding tert-OH is 1. The molecule has 3 atom stereocenters. The summed E-state index contributed by atoms with van der Waals surface area (Å²) in [5, 5.41) is 16.0. The van der Waals surface area contributed by atoms with Gasteiger partial charge in [-0.25, -0.2) is 0 Å². The number of aliphatic hydroxyl groups is 1. The van der Waals surface area contributed by atoms with Crippen LogP contribution in [0, 0.1) is 0 Å². The summed E-state index contributed by atoms with van der Waals surface area (Å²) in [6.07, 6.45) is -0.480. The van der Waals surface area contributed by atoms with Gasteiger partial charge in [0, 0.05) is 11.3 Å². The van der Waals surface area contributed by atoms with Crippen LogP contribution in [-0.4, -0.2) is 46.7 Å². The van der Waals surface area contributed by atoms with E-state index in [2.05, 4.69) is 25.3 Å². The molecule has 112 valence electrons. The van der Waals surface area contributed by atoms with Crippen LogP contribution >= 0.6 is 0 Å². The summed E-state index contributed by atoms with van der Waals surface area (Å²) in [6, 6.07) is -0.425. The van der Waals surface area contributed by atoms with Crippen molar-refractivity contribution < 1.29 is 9.84 Å². The number of hydrogen-bond acceptors (Lipinski definition) is 9. The van der Waals surface area contributed by atoms with Crippen molar-refractivity contribution in [1.82, 2.24) is 9.97 Å². The van der Waals surface area contributed by atoms with Crippen molar-refractivity contribution in [3.63, 3.8) is 0 Å².